The second-order valence-corrected chi connectivity index (χ2v) is 6.71. The molecule has 0 aliphatic carbocycles. The van der Waals surface area contributed by atoms with Crippen molar-refractivity contribution < 1.29 is 9.53 Å². The summed E-state index contributed by atoms with van der Waals surface area (Å²) in [4.78, 5) is 18.0. The molecule has 3 aromatic carbocycles. The van der Waals surface area contributed by atoms with Gasteiger partial charge in [-0.05, 0) is 23.8 Å². The van der Waals surface area contributed by atoms with Gasteiger partial charge in [0.2, 0.25) is 0 Å². The van der Waals surface area contributed by atoms with Crippen molar-refractivity contribution in [1.82, 2.24) is 9.88 Å². The van der Waals surface area contributed by atoms with Crippen molar-refractivity contribution in [3.8, 4) is 5.75 Å². The number of fused-ring (bicyclic) bond motifs is 1. The molecule has 4 aromatic rings. The molecule has 1 N–H and O–H groups in total. The van der Waals surface area contributed by atoms with E-state index in [1.807, 2.05) is 92.1 Å². The predicted molar refractivity (Wildman–Crippen MR) is 111 cm³/mol. The average Bonchev–Trinajstić information content (AvgIpc) is 3.17. The van der Waals surface area contributed by atoms with E-state index in [1.165, 1.54) is 0 Å². The van der Waals surface area contributed by atoms with Crippen LogP contribution >= 0.6 is 0 Å². The Balaban J connectivity index is 1.64. The van der Waals surface area contributed by atoms with Crippen LogP contribution in [-0.2, 0) is 4.79 Å². The molecule has 0 unspecified atom stereocenters. The predicted octanol–water partition coefficient (Wildman–Crippen LogP) is 4.79. The largest absolute Gasteiger partial charge is 0.484 e. The Bertz CT molecular complexity index is 1060. The Labute approximate surface area is 164 Å². The first kappa shape index (κ1) is 17.9. The summed E-state index contributed by atoms with van der Waals surface area (Å²) in [7, 11) is 1.83. The Morgan fingerprint density at radius 2 is 1.57 bits per heavy atom. The lowest BCUT2D eigenvalue weighted by Gasteiger charge is -2.29. The van der Waals surface area contributed by atoms with E-state index in [4.69, 9.17) is 4.74 Å². The minimum atomic E-state index is -0.204. The van der Waals surface area contributed by atoms with E-state index in [9.17, 15) is 4.79 Å². The highest BCUT2D eigenvalue weighted by Crippen LogP contribution is 2.33. The number of amides is 1. The second-order valence-electron chi connectivity index (χ2n) is 6.71. The molecule has 1 amide bonds. The van der Waals surface area contributed by atoms with E-state index in [0.717, 1.165) is 22.0 Å². The number of nitrogens with zero attached hydrogens (tertiary/aromatic N) is 1. The fraction of sp³-hybridized carbons (Fsp3) is 0.125. The van der Waals surface area contributed by atoms with Gasteiger partial charge in [0.15, 0.2) is 6.61 Å². The first-order valence-corrected chi connectivity index (χ1v) is 9.28. The third-order valence-corrected chi connectivity index (χ3v) is 4.92. The number of hydrogen-bond donors (Lipinski definition) is 1. The molecule has 28 heavy (non-hydrogen) atoms. The Morgan fingerprint density at radius 1 is 0.929 bits per heavy atom. The van der Waals surface area contributed by atoms with Crippen LogP contribution in [0.15, 0.2) is 91.1 Å². The lowest BCUT2D eigenvalue weighted by atomic mass is 9.97. The van der Waals surface area contributed by atoms with Crippen LogP contribution in [0.1, 0.15) is 17.2 Å². The van der Waals surface area contributed by atoms with E-state index in [1.54, 1.807) is 4.90 Å². The number of aromatic nitrogens is 1. The van der Waals surface area contributed by atoms with Crippen LogP contribution in [0.25, 0.3) is 10.9 Å². The maximum atomic E-state index is 13.0. The van der Waals surface area contributed by atoms with Gasteiger partial charge >= 0.3 is 0 Å². The van der Waals surface area contributed by atoms with Crippen molar-refractivity contribution in [3.63, 3.8) is 0 Å². The molecular formula is C24H22N2O2. The Hall–Kier alpha value is -3.53. The number of rotatable bonds is 6. The van der Waals surface area contributed by atoms with Crippen LogP contribution in [0.3, 0.4) is 0 Å². The molecule has 4 rings (SSSR count). The SMILES string of the molecule is CN(C(=O)COc1ccccc1)[C@H](c1ccccc1)c1c[nH]c2ccccc12. The van der Waals surface area contributed by atoms with Gasteiger partial charge in [0, 0.05) is 29.7 Å². The Kier molecular flexibility index (Phi) is 5.11. The lowest BCUT2D eigenvalue weighted by Crippen LogP contribution is -2.35. The zero-order chi connectivity index (χ0) is 19.3. The van der Waals surface area contributed by atoms with Gasteiger partial charge in [-0.1, -0.05) is 66.7 Å². The first-order valence-electron chi connectivity index (χ1n) is 9.28. The summed E-state index contributed by atoms with van der Waals surface area (Å²) < 4.78 is 5.68. The monoisotopic (exact) mass is 370 g/mol. The van der Waals surface area contributed by atoms with E-state index >= 15 is 0 Å². The third-order valence-electron chi connectivity index (χ3n) is 4.92. The highest BCUT2D eigenvalue weighted by Gasteiger charge is 2.26. The number of ether oxygens (including phenoxy) is 1. The number of benzene rings is 3. The summed E-state index contributed by atoms with van der Waals surface area (Å²) in [5.74, 6) is 0.607. The molecule has 0 spiro atoms. The van der Waals surface area contributed by atoms with Crippen LogP contribution in [-0.4, -0.2) is 29.4 Å². The minimum absolute atomic E-state index is 0.00774. The fourth-order valence-corrected chi connectivity index (χ4v) is 3.47. The van der Waals surface area contributed by atoms with Gasteiger partial charge in [-0.25, -0.2) is 0 Å². The van der Waals surface area contributed by atoms with Crippen molar-refractivity contribution in [2.75, 3.05) is 13.7 Å². The number of carbonyl (C=O) groups is 1. The summed E-state index contributed by atoms with van der Waals surface area (Å²) >= 11 is 0. The molecule has 0 aliphatic heterocycles. The second kappa shape index (κ2) is 8.01. The molecule has 1 atom stereocenters. The lowest BCUT2D eigenvalue weighted by molar-refractivity contribution is -0.133. The average molecular weight is 370 g/mol. The van der Waals surface area contributed by atoms with Crippen molar-refractivity contribution in [1.29, 1.82) is 0 Å². The highest BCUT2D eigenvalue weighted by atomic mass is 16.5. The van der Waals surface area contributed by atoms with Gasteiger partial charge in [-0.3, -0.25) is 4.79 Å². The molecule has 4 heteroatoms. The molecule has 1 aromatic heterocycles. The normalized spacial score (nSPS) is 11.9. The number of H-pyrrole nitrogens is 1. The smallest absolute Gasteiger partial charge is 0.261 e. The zero-order valence-corrected chi connectivity index (χ0v) is 15.7. The molecule has 0 saturated carbocycles. The number of hydrogen-bond acceptors (Lipinski definition) is 2. The topological polar surface area (TPSA) is 45.3 Å². The number of carbonyl (C=O) groups excluding carboxylic acids is 1. The number of likely N-dealkylation sites (N-methyl/N-ethyl adjacent to an activating group) is 1. The summed E-state index contributed by atoms with van der Waals surface area (Å²) in [5, 5.41) is 1.11. The van der Waals surface area contributed by atoms with Gasteiger partial charge in [0.1, 0.15) is 5.75 Å². The standard InChI is InChI=1S/C24H22N2O2/c1-26(23(27)17-28-19-12-6-3-7-13-19)24(18-10-4-2-5-11-18)21-16-25-22-15-9-8-14-20(21)22/h2-16,24-25H,17H2,1H3/t24-/m1/s1. The van der Waals surface area contributed by atoms with Gasteiger partial charge in [0.05, 0.1) is 6.04 Å². The summed E-state index contributed by atoms with van der Waals surface area (Å²) in [5.41, 5.74) is 3.18. The molecule has 0 fully saturated rings. The van der Waals surface area contributed by atoms with E-state index in [0.29, 0.717) is 5.75 Å². The zero-order valence-electron chi connectivity index (χ0n) is 15.7. The molecule has 140 valence electrons. The van der Waals surface area contributed by atoms with E-state index in [-0.39, 0.29) is 18.6 Å². The van der Waals surface area contributed by atoms with Crippen molar-refractivity contribution >= 4 is 16.8 Å². The summed E-state index contributed by atoms with van der Waals surface area (Å²) in [6.07, 6.45) is 1.99. The van der Waals surface area contributed by atoms with Crippen molar-refractivity contribution in [2.45, 2.75) is 6.04 Å². The maximum Gasteiger partial charge on any atom is 0.261 e. The van der Waals surface area contributed by atoms with Gasteiger partial charge in [-0.15, -0.1) is 0 Å². The minimum Gasteiger partial charge on any atom is -0.484 e. The fourth-order valence-electron chi connectivity index (χ4n) is 3.47. The number of nitrogens with one attached hydrogen (secondary N) is 1. The van der Waals surface area contributed by atoms with Crippen LogP contribution in [0.4, 0.5) is 0 Å². The van der Waals surface area contributed by atoms with Crippen LogP contribution in [0.2, 0.25) is 0 Å². The Morgan fingerprint density at radius 3 is 2.32 bits per heavy atom. The van der Waals surface area contributed by atoms with Gasteiger partial charge in [0.25, 0.3) is 5.91 Å². The van der Waals surface area contributed by atoms with Crippen molar-refractivity contribution in [3.05, 3.63) is 102 Å². The number of aromatic amines is 1. The van der Waals surface area contributed by atoms with Crippen molar-refractivity contribution in [2.24, 2.45) is 0 Å². The third kappa shape index (κ3) is 3.62. The number of para-hydroxylation sites is 2. The van der Waals surface area contributed by atoms with E-state index in [2.05, 4.69) is 11.1 Å². The molecular weight excluding hydrogens is 348 g/mol. The van der Waals surface area contributed by atoms with Gasteiger partial charge in [-0.2, -0.15) is 0 Å². The molecule has 1 heterocycles. The first-order chi connectivity index (χ1) is 13.7. The van der Waals surface area contributed by atoms with Crippen LogP contribution < -0.4 is 4.74 Å². The molecule has 0 radical (unpaired) electrons. The highest BCUT2D eigenvalue weighted by molar-refractivity contribution is 5.85. The van der Waals surface area contributed by atoms with E-state index < -0.39 is 0 Å². The summed E-state index contributed by atoms with van der Waals surface area (Å²) in [6, 6.07) is 27.4. The summed E-state index contributed by atoms with van der Waals surface area (Å²) in [6.45, 7) is -0.00774. The molecule has 4 nitrogen and oxygen atoms in total. The maximum absolute atomic E-state index is 13.0. The van der Waals surface area contributed by atoms with Gasteiger partial charge < -0.3 is 14.6 Å². The molecule has 0 aliphatic rings. The van der Waals surface area contributed by atoms with Crippen LogP contribution in [0.5, 0.6) is 5.75 Å². The molecule has 0 saturated heterocycles. The quantitative estimate of drug-likeness (QED) is 0.530. The molecule has 0 bridgehead atoms. The van der Waals surface area contributed by atoms with Crippen LogP contribution in [0, 0.1) is 0 Å².